The zero-order valence-electron chi connectivity index (χ0n) is 12.7. The lowest BCUT2D eigenvalue weighted by Crippen LogP contribution is -2.28. The lowest BCUT2D eigenvalue weighted by Gasteiger charge is -2.21. The summed E-state index contributed by atoms with van der Waals surface area (Å²) >= 11 is 8.21. The van der Waals surface area contributed by atoms with Gasteiger partial charge in [-0.2, -0.15) is 11.8 Å². The summed E-state index contributed by atoms with van der Waals surface area (Å²) in [6.45, 7) is 3.81. The summed E-state index contributed by atoms with van der Waals surface area (Å²) < 4.78 is 0. The number of benzene rings is 1. The van der Waals surface area contributed by atoms with Gasteiger partial charge in [0.05, 0.1) is 10.7 Å². The van der Waals surface area contributed by atoms with Crippen molar-refractivity contribution in [2.24, 2.45) is 0 Å². The SMILES string of the molecule is CCCNC1C(=O)Nc2cc(N(C)CCSC)c(Cl)cc21. The average molecular weight is 328 g/mol. The van der Waals surface area contributed by atoms with Gasteiger partial charge in [0.15, 0.2) is 0 Å². The first-order chi connectivity index (χ1) is 10.1. The van der Waals surface area contributed by atoms with Crippen molar-refractivity contribution in [2.75, 3.05) is 42.4 Å². The van der Waals surface area contributed by atoms with Crippen LogP contribution in [0, 0.1) is 0 Å². The van der Waals surface area contributed by atoms with E-state index in [2.05, 4.69) is 28.7 Å². The van der Waals surface area contributed by atoms with E-state index in [1.807, 2.05) is 19.2 Å². The predicted octanol–water partition coefficient (Wildman–Crippen LogP) is 3.13. The number of rotatable bonds is 7. The molecule has 0 saturated heterocycles. The first-order valence-electron chi connectivity index (χ1n) is 7.16. The molecule has 0 aliphatic carbocycles. The summed E-state index contributed by atoms with van der Waals surface area (Å²) in [5.74, 6) is 1.04. The molecule has 4 nitrogen and oxygen atoms in total. The van der Waals surface area contributed by atoms with Crippen LogP contribution in [-0.4, -0.2) is 38.1 Å². The number of halogens is 1. The molecule has 2 N–H and O–H groups in total. The number of anilines is 2. The van der Waals surface area contributed by atoms with E-state index in [0.29, 0.717) is 5.02 Å². The van der Waals surface area contributed by atoms with Crippen molar-refractivity contribution in [1.29, 1.82) is 0 Å². The summed E-state index contributed by atoms with van der Waals surface area (Å²) in [6.07, 6.45) is 3.07. The van der Waals surface area contributed by atoms with Gasteiger partial charge < -0.3 is 15.5 Å². The summed E-state index contributed by atoms with van der Waals surface area (Å²) in [6, 6.07) is 3.60. The number of nitrogens with zero attached hydrogens (tertiary/aromatic N) is 1. The second-order valence-electron chi connectivity index (χ2n) is 5.18. The quantitative estimate of drug-likeness (QED) is 0.807. The van der Waals surface area contributed by atoms with Crippen molar-refractivity contribution in [2.45, 2.75) is 19.4 Å². The highest BCUT2D eigenvalue weighted by atomic mass is 35.5. The molecule has 1 aliphatic rings. The fourth-order valence-corrected chi connectivity index (χ4v) is 3.18. The third-order valence-corrected chi connectivity index (χ3v) is 4.48. The normalized spacial score (nSPS) is 16.8. The Balaban J connectivity index is 2.24. The first-order valence-corrected chi connectivity index (χ1v) is 8.93. The summed E-state index contributed by atoms with van der Waals surface area (Å²) in [7, 11) is 2.02. The van der Waals surface area contributed by atoms with Crippen LogP contribution in [0.5, 0.6) is 0 Å². The van der Waals surface area contributed by atoms with Gasteiger partial charge in [-0.1, -0.05) is 18.5 Å². The summed E-state index contributed by atoms with van der Waals surface area (Å²) in [5.41, 5.74) is 2.77. The maximum atomic E-state index is 12.1. The topological polar surface area (TPSA) is 44.4 Å². The Morgan fingerprint density at radius 1 is 1.48 bits per heavy atom. The summed E-state index contributed by atoms with van der Waals surface area (Å²) in [5, 5.41) is 6.89. The average Bonchev–Trinajstić information content (AvgIpc) is 2.76. The van der Waals surface area contributed by atoms with Gasteiger partial charge in [0.2, 0.25) is 5.91 Å². The number of hydrogen-bond acceptors (Lipinski definition) is 4. The van der Waals surface area contributed by atoms with E-state index in [1.165, 1.54) is 0 Å². The van der Waals surface area contributed by atoms with Crippen LogP contribution >= 0.6 is 23.4 Å². The lowest BCUT2D eigenvalue weighted by atomic mass is 10.1. The molecule has 0 radical (unpaired) electrons. The van der Waals surface area contributed by atoms with E-state index in [1.54, 1.807) is 11.8 Å². The molecule has 1 aromatic carbocycles. The van der Waals surface area contributed by atoms with E-state index >= 15 is 0 Å². The van der Waals surface area contributed by atoms with Gasteiger partial charge in [0.25, 0.3) is 0 Å². The molecule has 0 bridgehead atoms. The molecule has 1 unspecified atom stereocenters. The molecule has 6 heteroatoms. The maximum absolute atomic E-state index is 12.1. The second-order valence-corrected chi connectivity index (χ2v) is 6.57. The molecular formula is C15H22ClN3OS. The Morgan fingerprint density at radius 2 is 2.24 bits per heavy atom. The van der Waals surface area contributed by atoms with Gasteiger partial charge in [0, 0.05) is 30.6 Å². The molecule has 1 aliphatic heterocycles. The number of carbonyl (C=O) groups is 1. The molecule has 2 rings (SSSR count). The molecule has 0 spiro atoms. The standard InChI is InChI=1S/C15H22ClN3OS/c1-4-5-17-14-10-8-11(16)13(19(2)6-7-21-3)9-12(10)18-15(14)20/h8-9,14,17H,4-7H2,1-3H3,(H,18,20). The zero-order chi connectivity index (χ0) is 15.4. The van der Waals surface area contributed by atoms with Gasteiger partial charge >= 0.3 is 0 Å². The molecule has 0 aromatic heterocycles. The third-order valence-electron chi connectivity index (χ3n) is 3.59. The van der Waals surface area contributed by atoms with E-state index < -0.39 is 0 Å². The molecule has 1 aromatic rings. The molecule has 1 amide bonds. The highest BCUT2D eigenvalue weighted by Crippen LogP contribution is 2.38. The van der Waals surface area contributed by atoms with Crippen LogP contribution in [0.2, 0.25) is 5.02 Å². The zero-order valence-corrected chi connectivity index (χ0v) is 14.3. The van der Waals surface area contributed by atoms with E-state index in [9.17, 15) is 4.79 Å². The van der Waals surface area contributed by atoms with Gasteiger partial charge in [0.1, 0.15) is 6.04 Å². The number of fused-ring (bicyclic) bond motifs is 1. The molecule has 116 valence electrons. The van der Waals surface area contributed by atoms with Crippen molar-refractivity contribution < 1.29 is 4.79 Å². The van der Waals surface area contributed by atoms with Crippen molar-refractivity contribution >= 4 is 40.6 Å². The van der Waals surface area contributed by atoms with Gasteiger partial charge in [-0.15, -0.1) is 0 Å². The van der Waals surface area contributed by atoms with Crippen LogP contribution in [-0.2, 0) is 4.79 Å². The van der Waals surface area contributed by atoms with Crippen LogP contribution < -0.4 is 15.5 Å². The lowest BCUT2D eigenvalue weighted by molar-refractivity contribution is -0.117. The van der Waals surface area contributed by atoms with Crippen molar-refractivity contribution in [3.63, 3.8) is 0 Å². The first kappa shape index (κ1) is 16.5. The highest BCUT2D eigenvalue weighted by molar-refractivity contribution is 7.98. The van der Waals surface area contributed by atoms with Gasteiger partial charge in [-0.3, -0.25) is 4.79 Å². The van der Waals surface area contributed by atoms with Crippen LogP contribution in [0.3, 0.4) is 0 Å². The molecule has 0 saturated carbocycles. The van der Waals surface area contributed by atoms with Crippen molar-refractivity contribution in [3.05, 3.63) is 22.7 Å². The van der Waals surface area contributed by atoms with Gasteiger partial charge in [-0.05, 0) is 31.4 Å². The molecule has 21 heavy (non-hydrogen) atoms. The maximum Gasteiger partial charge on any atom is 0.246 e. The predicted molar refractivity (Wildman–Crippen MR) is 92.8 cm³/mol. The monoisotopic (exact) mass is 327 g/mol. The highest BCUT2D eigenvalue weighted by Gasteiger charge is 2.31. The number of carbonyl (C=O) groups excluding carboxylic acids is 1. The molecule has 1 heterocycles. The van der Waals surface area contributed by atoms with E-state index in [0.717, 1.165) is 42.2 Å². The number of amides is 1. The fraction of sp³-hybridized carbons (Fsp3) is 0.533. The second kappa shape index (κ2) is 7.38. The Bertz CT molecular complexity index is 524. The van der Waals surface area contributed by atoms with E-state index in [-0.39, 0.29) is 11.9 Å². The van der Waals surface area contributed by atoms with Crippen LogP contribution in [0.1, 0.15) is 24.9 Å². The van der Waals surface area contributed by atoms with Crippen LogP contribution in [0.4, 0.5) is 11.4 Å². The number of hydrogen-bond donors (Lipinski definition) is 2. The van der Waals surface area contributed by atoms with Gasteiger partial charge in [-0.25, -0.2) is 0 Å². The Morgan fingerprint density at radius 3 is 2.90 bits per heavy atom. The smallest absolute Gasteiger partial charge is 0.246 e. The molecular weight excluding hydrogens is 306 g/mol. The molecule has 0 fully saturated rings. The van der Waals surface area contributed by atoms with Crippen LogP contribution in [0.25, 0.3) is 0 Å². The Kier molecular flexibility index (Phi) is 5.79. The third kappa shape index (κ3) is 3.65. The minimum absolute atomic E-state index is 0.00145. The molecule has 1 atom stereocenters. The fourth-order valence-electron chi connectivity index (χ4n) is 2.40. The largest absolute Gasteiger partial charge is 0.373 e. The minimum atomic E-state index is -0.289. The summed E-state index contributed by atoms with van der Waals surface area (Å²) in [4.78, 5) is 14.2. The van der Waals surface area contributed by atoms with Crippen molar-refractivity contribution in [1.82, 2.24) is 5.32 Å². The number of thioether (sulfide) groups is 1. The van der Waals surface area contributed by atoms with E-state index in [4.69, 9.17) is 11.6 Å². The Labute approximate surface area is 135 Å². The van der Waals surface area contributed by atoms with Crippen LogP contribution in [0.15, 0.2) is 12.1 Å². The number of nitrogens with one attached hydrogen (secondary N) is 2. The van der Waals surface area contributed by atoms with Crippen molar-refractivity contribution in [3.8, 4) is 0 Å². The minimum Gasteiger partial charge on any atom is -0.373 e. The Hall–Kier alpha value is -0.910.